The van der Waals surface area contributed by atoms with Crippen LogP contribution in [0.15, 0.2) is 54.9 Å². The van der Waals surface area contributed by atoms with Gasteiger partial charge < -0.3 is 15.2 Å². The first-order valence-electron chi connectivity index (χ1n) is 6.72. The van der Waals surface area contributed by atoms with Crippen molar-refractivity contribution in [3.8, 4) is 0 Å². The number of carbonyl (C=O) groups is 1. The number of nitrogens with one attached hydrogen (secondary N) is 1. The quantitative estimate of drug-likeness (QED) is 0.885. The number of alkyl carbamates (subject to hydrolysis) is 1. The summed E-state index contributed by atoms with van der Waals surface area (Å²) in [5.74, 6) is 0. The minimum Gasteiger partial charge on any atom is -0.445 e. The lowest BCUT2D eigenvalue weighted by atomic mass is 10.1. The number of hydrogen-bond donors (Lipinski definition) is 2. The monoisotopic (exact) mass is 286 g/mol. The van der Waals surface area contributed by atoms with E-state index in [4.69, 9.17) is 4.74 Å². The molecule has 0 saturated heterocycles. The molecule has 0 fully saturated rings. The lowest BCUT2D eigenvalue weighted by molar-refractivity contribution is 0.106. The van der Waals surface area contributed by atoms with Crippen molar-refractivity contribution in [1.82, 2.24) is 10.3 Å². The molecule has 5 heteroatoms. The number of amides is 1. The van der Waals surface area contributed by atoms with E-state index in [1.54, 1.807) is 31.5 Å². The molecule has 21 heavy (non-hydrogen) atoms. The average molecular weight is 286 g/mol. The van der Waals surface area contributed by atoms with Gasteiger partial charge in [-0.1, -0.05) is 30.3 Å². The summed E-state index contributed by atoms with van der Waals surface area (Å²) in [6, 6.07) is 12.4. The second-order valence-electron chi connectivity index (χ2n) is 4.72. The number of nitrogens with zero attached hydrogens (tertiary/aromatic N) is 1. The van der Waals surface area contributed by atoms with E-state index >= 15 is 0 Å². The molecule has 0 aliphatic carbocycles. The summed E-state index contributed by atoms with van der Waals surface area (Å²) < 4.78 is 5.11. The largest absolute Gasteiger partial charge is 0.445 e. The Kier molecular flexibility index (Phi) is 5.29. The third kappa shape index (κ3) is 4.57. The Morgan fingerprint density at radius 3 is 2.57 bits per heavy atom. The van der Waals surface area contributed by atoms with Crippen LogP contribution < -0.4 is 5.32 Å². The predicted octanol–water partition coefficient (Wildman–Crippen LogP) is 2.43. The summed E-state index contributed by atoms with van der Waals surface area (Å²) in [5.41, 5.74) is 1.61. The molecule has 0 saturated carbocycles. The highest BCUT2D eigenvalue weighted by atomic mass is 16.5. The summed E-state index contributed by atoms with van der Waals surface area (Å²) in [6.45, 7) is 1.92. The Labute approximate surface area is 123 Å². The molecule has 5 nitrogen and oxygen atoms in total. The Bertz CT molecular complexity index is 560. The minimum atomic E-state index is -0.808. The molecule has 1 aromatic carbocycles. The molecule has 110 valence electrons. The summed E-state index contributed by atoms with van der Waals surface area (Å²) >= 11 is 0. The molecule has 0 radical (unpaired) electrons. The fraction of sp³-hybridized carbons (Fsp3) is 0.250. The molecule has 1 amide bonds. The van der Waals surface area contributed by atoms with E-state index in [2.05, 4.69) is 10.3 Å². The average Bonchev–Trinajstić information content (AvgIpc) is 2.54. The van der Waals surface area contributed by atoms with Crippen molar-refractivity contribution in [2.45, 2.75) is 25.7 Å². The van der Waals surface area contributed by atoms with Gasteiger partial charge in [-0.15, -0.1) is 0 Å². The lowest BCUT2D eigenvalue weighted by Gasteiger charge is -2.20. The summed E-state index contributed by atoms with van der Waals surface area (Å²) in [7, 11) is 0. The molecule has 2 N–H and O–H groups in total. The van der Waals surface area contributed by atoms with Crippen LogP contribution in [0.1, 0.15) is 24.2 Å². The van der Waals surface area contributed by atoms with Gasteiger partial charge >= 0.3 is 6.09 Å². The molecular weight excluding hydrogens is 268 g/mol. The maximum atomic E-state index is 11.7. The molecule has 2 atom stereocenters. The molecule has 0 unspecified atom stereocenters. The number of aliphatic hydroxyl groups is 1. The standard InChI is InChI=1S/C16H18N2O3/c1-12(15(19)14-7-9-17-10-8-14)18-16(20)21-11-13-5-3-2-4-6-13/h2-10,12,15,19H,11H2,1H3,(H,18,20)/t12-,15-/m0/s1. The number of aliphatic hydroxyl groups excluding tert-OH is 1. The molecule has 2 aromatic rings. The molecule has 0 spiro atoms. The van der Waals surface area contributed by atoms with Crippen molar-refractivity contribution < 1.29 is 14.6 Å². The number of ether oxygens (including phenoxy) is 1. The van der Waals surface area contributed by atoms with Crippen LogP contribution in [0.25, 0.3) is 0 Å². The van der Waals surface area contributed by atoms with E-state index in [1.165, 1.54) is 0 Å². The zero-order valence-corrected chi connectivity index (χ0v) is 11.8. The van der Waals surface area contributed by atoms with Gasteiger partial charge in [-0.2, -0.15) is 0 Å². The number of pyridine rings is 1. The minimum absolute atomic E-state index is 0.199. The van der Waals surface area contributed by atoms with Gasteiger partial charge in [0.05, 0.1) is 12.1 Å². The Hall–Kier alpha value is -2.40. The highest BCUT2D eigenvalue weighted by Gasteiger charge is 2.18. The number of carbonyl (C=O) groups excluding carboxylic acids is 1. The third-order valence-corrected chi connectivity index (χ3v) is 3.08. The zero-order chi connectivity index (χ0) is 15.1. The van der Waals surface area contributed by atoms with Crippen molar-refractivity contribution in [3.63, 3.8) is 0 Å². The number of rotatable bonds is 5. The highest BCUT2D eigenvalue weighted by molar-refractivity contribution is 5.67. The van der Waals surface area contributed by atoms with Gasteiger partial charge in [0.25, 0.3) is 0 Å². The second kappa shape index (κ2) is 7.40. The maximum Gasteiger partial charge on any atom is 0.407 e. The van der Waals surface area contributed by atoms with E-state index < -0.39 is 18.2 Å². The Balaban J connectivity index is 1.82. The van der Waals surface area contributed by atoms with Gasteiger partial charge in [-0.05, 0) is 30.2 Å². The molecule has 2 rings (SSSR count). The van der Waals surface area contributed by atoms with Gasteiger partial charge in [0.15, 0.2) is 0 Å². The van der Waals surface area contributed by atoms with E-state index in [-0.39, 0.29) is 6.61 Å². The van der Waals surface area contributed by atoms with Crippen LogP contribution in [-0.4, -0.2) is 22.2 Å². The Morgan fingerprint density at radius 1 is 1.24 bits per heavy atom. The van der Waals surface area contributed by atoms with E-state index in [1.807, 2.05) is 30.3 Å². The van der Waals surface area contributed by atoms with Crippen molar-refractivity contribution in [2.24, 2.45) is 0 Å². The van der Waals surface area contributed by atoms with E-state index in [0.29, 0.717) is 5.56 Å². The number of aromatic nitrogens is 1. The maximum absolute atomic E-state index is 11.7. The first-order valence-corrected chi connectivity index (χ1v) is 6.72. The molecule has 1 aromatic heterocycles. The zero-order valence-electron chi connectivity index (χ0n) is 11.8. The van der Waals surface area contributed by atoms with Gasteiger partial charge in [-0.25, -0.2) is 4.79 Å². The third-order valence-electron chi connectivity index (χ3n) is 3.08. The van der Waals surface area contributed by atoms with Gasteiger partial charge in [0, 0.05) is 12.4 Å². The van der Waals surface area contributed by atoms with Crippen LogP contribution in [-0.2, 0) is 11.3 Å². The fourth-order valence-electron chi connectivity index (χ4n) is 1.88. The van der Waals surface area contributed by atoms with Crippen molar-refractivity contribution in [2.75, 3.05) is 0 Å². The molecule has 0 aliphatic rings. The first kappa shape index (κ1) is 15.0. The SMILES string of the molecule is C[C@H](NC(=O)OCc1ccccc1)[C@H](O)c1ccncc1. The van der Waals surface area contributed by atoms with Gasteiger partial charge in [0.2, 0.25) is 0 Å². The van der Waals surface area contributed by atoms with Crippen LogP contribution in [0.5, 0.6) is 0 Å². The Morgan fingerprint density at radius 2 is 1.90 bits per heavy atom. The van der Waals surface area contributed by atoms with Crippen LogP contribution in [0, 0.1) is 0 Å². The van der Waals surface area contributed by atoms with E-state index in [0.717, 1.165) is 5.56 Å². The van der Waals surface area contributed by atoms with Crippen molar-refractivity contribution >= 4 is 6.09 Å². The number of benzene rings is 1. The van der Waals surface area contributed by atoms with Crippen LogP contribution >= 0.6 is 0 Å². The summed E-state index contributed by atoms with van der Waals surface area (Å²) in [4.78, 5) is 15.6. The smallest absolute Gasteiger partial charge is 0.407 e. The molecular formula is C16H18N2O3. The van der Waals surface area contributed by atoms with Crippen molar-refractivity contribution in [1.29, 1.82) is 0 Å². The lowest BCUT2D eigenvalue weighted by Crippen LogP contribution is -2.37. The summed E-state index contributed by atoms with van der Waals surface area (Å²) in [5, 5.41) is 12.7. The second-order valence-corrected chi connectivity index (χ2v) is 4.72. The van der Waals surface area contributed by atoms with Crippen LogP contribution in [0.3, 0.4) is 0 Å². The topological polar surface area (TPSA) is 71.5 Å². The first-order chi connectivity index (χ1) is 10.2. The van der Waals surface area contributed by atoms with Gasteiger partial charge in [0.1, 0.15) is 6.61 Å². The normalized spacial score (nSPS) is 13.2. The molecule has 1 heterocycles. The highest BCUT2D eigenvalue weighted by Crippen LogP contribution is 2.15. The van der Waals surface area contributed by atoms with Crippen LogP contribution in [0.2, 0.25) is 0 Å². The predicted molar refractivity (Wildman–Crippen MR) is 78.4 cm³/mol. The van der Waals surface area contributed by atoms with Gasteiger partial charge in [-0.3, -0.25) is 4.98 Å². The molecule has 0 aliphatic heterocycles. The fourth-order valence-corrected chi connectivity index (χ4v) is 1.88. The molecule has 0 bridgehead atoms. The summed E-state index contributed by atoms with van der Waals surface area (Å²) in [6.07, 6.45) is 1.83. The number of hydrogen-bond acceptors (Lipinski definition) is 4. The van der Waals surface area contributed by atoms with Crippen LogP contribution in [0.4, 0.5) is 4.79 Å². The van der Waals surface area contributed by atoms with Crippen molar-refractivity contribution in [3.05, 3.63) is 66.0 Å². The van der Waals surface area contributed by atoms with E-state index in [9.17, 15) is 9.90 Å².